The molecule has 10 aliphatic heterocycles. The van der Waals surface area contributed by atoms with Crippen LogP contribution in [0.5, 0.6) is 57.5 Å². The van der Waals surface area contributed by atoms with Gasteiger partial charge in [-0.2, -0.15) is 0 Å². The van der Waals surface area contributed by atoms with E-state index in [0.717, 1.165) is 66.8 Å². The lowest BCUT2D eigenvalue weighted by Crippen LogP contribution is -2.51. The van der Waals surface area contributed by atoms with E-state index >= 15 is 0 Å². The number of rotatable bonds is 35. The maximum absolute atomic E-state index is 13.5. The molecule has 0 radical (unpaired) electrons. The fourth-order valence-corrected chi connectivity index (χ4v) is 15.1. The molecule has 10 N–H and O–H groups in total. The van der Waals surface area contributed by atoms with E-state index in [1.165, 1.54) is 55.4 Å². The van der Waals surface area contributed by atoms with Crippen LogP contribution in [-0.2, 0) is 79.6 Å². The van der Waals surface area contributed by atoms with Crippen molar-refractivity contribution in [2.24, 2.45) is 117 Å². The predicted octanol–water partition coefficient (Wildman–Crippen LogP) is 17.8. The second-order valence-electron chi connectivity index (χ2n) is 35.8. The van der Waals surface area contributed by atoms with Gasteiger partial charge in [0.05, 0.1) is 102 Å². The van der Waals surface area contributed by atoms with Gasteiger partial charge < -0.3 is 99.7 Å². The largest absolute Gasteiger partial charge is 0.493 e. The van der Waals surface area contributed by atoms with Crippen LogP contribution in [0.4, 0.5) is 0 Å². The molecule has 10 heterocycles. The zero-order chi connectivity index (χ0) is 189. The van der Waals surface area contributed by atoms with Crippen LogP contribution < -0.4 is 76.0 Å². The first-order valence-corrected chi connectivity index (χ1v) is 46.4. The van der Waals surface area contributed by atoms with Crippen molar-refractivity contribution in [1.29, 1.82) is 0 Å². The highest BCUT2D eigenvalue weighted by molar-refractivity contribution is 5.78. The number of nitrogens with zero attached hydrogens (tertiary/aromatic N) is 5. The molecule has 0 spiro atoms. The molecule has 5 aromatic rings. The minimum atomic E-state index is -4.69. The van der Waals surface area contributed by atoms with Gasteiger partial charge in [0, 0.05) is 248 Å². The molecule has 19 unspecified atom stereocenters. The lowest BCUT2D eigenvalue weighted by molar-refractivity contribution is -0.161. The molecule has 15 rings (SSSR count). The molecular weight excluding hydrogens is 1900 g/mol. The fourth-order valence-electron chi connectivity index (χ4n) is 15.1. The maximum atomic E-state index is 13.5. The van der Waals surface area contributed by atoms with Crippen LogP contribution in [0.25, 0.3) is 0 Å². The normalized spacial score (nSPS) is 47.9. The number of fused-ring (bicyclic) bond motifs is 15. The number of carbonyl (C=O) groups is 5. The van der Waals surface area contributed by atoms with Crippen LogP contribution in [0.15, 0.2) is 60.5 Å². The Morgan fingerprint density at radius 2 is 0.660 bits per heavy atom. The minimum absolute atomic E-state index is 0.159. The summed E-state index contributed by atoms with van der Waals surface area (Å²) in [4.78, 5) is 66.8. The van der Waals surface area contributed by atoms with Crippen molar-refractivity contribution < 1.29 is 218 Å². The van der Waals surface area contributed by atoms with Gasteiger partial charge in [0.1, 0.15) is 60.6 Å². The second kappa shape index (κ2) is 55.4. The van der Waals surface area contributed by atoms with Gasteiger partial charge in [0.2, 0.25) is 0 Å². The molecule has 30 heteroatoms. The molecule has 10 aliphatic rings. The van der Waals surface area contributed by atoms with E-state index in [9.17, 15) is 62.4 Å². The van der Waals surface area contributed by atoms with Crippen molar-refractivity contribution in [2.45, 2.75) is 325 Å². The molecule has 0 aliphatic carbocycles. The average molecular weight is 2180 g/mol. The Balaban J connectivity index is 0.000000272. The highest BCUT2D eigenvalue weighted by atomic mass is 16.6. The topological polar surface area (TPSA) is 370 Å². The molecule has 0 amide bonds. The summed E-state index contributed by atoms with van der Waals surface area (Å²) in [7, 11) is 1.64. The summed E-state index contributed by atoms with van der Waals surface area (Å²) in [6.07, 6.45) is -68.1. The lowest BCUT2D eigenvalue weighted by atomic mass is 9.79. The van der Waals surface area contributed by atoms with Crippen LogP contribution in [0.1, 0.15) is 411 Å². The smallest absolute Gasteiger partial charge is 0.323 e. The third-order valence-electron chi connectivity index (χ3n) is 23.0. The Hall–Kier alpha value is -8.95. The number of piperidine rings is 5. The standard InChI is InChI=1S/5C24H38N2O4/c5*1-14(2)9-17-13-26-8-7-16-10-21(28-5)22(29-6)11-18(16)19(26)12-20(17)30-24(27)23(25)15(3)4/h5*10-11,14-15,17,19-20,23H,7-9,12-13,25H2,1-6H3/t5*17?,19?,20?,23-/m00000/s1/i2*1D3,5D3,7D2,8D2,9D2,10D,11D,12D2,13D2,14D,17D,19D,20D;2*1D3,7D2,8D2,9D2,10D,11D,12D2,13D2,14D,17D,19D,20D;3D3,4D3,15D,23D/t4*14?,17?,19?,20?,23-;m. The summed E-state index contributed by atoms with van der Waals surface area (Å²) in [6.45, 7) is -39.8. The molecular formula is C120H190N10O20. The monoisotopic (exact) mass is 2180 g/mol. The van der Waals surface area contributed by atoms with Gasteiger partial charge in [-0.1, -0.05) is 138 Å². The summed E-state index contributed by atoms with van der Waals surface area (Å²) in [5.41, 5.74) is 20.1. The van der Waals surface area contributed by atoms with Gasteiger partial charge in [0.25, 0.3) is 0 Å². The number of hydrogen-bond donors (Lipinski definition) is 5. The minimum Gasteiger partial charge on any atom is -0.493 e. The number of esters is 5. The highest BCUT2D eigenvalue weighted by Crippen LogP contribution is 2.52. The molecule has 30 nitrogen and oxygen atoms in total. The zero-order valence-corrected chi connectivity index (χ0v) is 86.4. The number of carbonyl (C=O) groups excluding carboxylic acids is 5. The fraction of sp³-hybridized carbons (Fsp3) is 0.708. The molecule has 0 saturated carbocycles. The van der Waals surface area contributed by atoms with Crippen molar-refractivity contribution in [1.82, 2.24) is 24.5 Å². The van der Waals surface area contributed by atoms with Crippen LogP contribution in [-0.4, -0.2) is 251 Å². The summed E-state index contributed by atoms with van der Waals surface area (Å²) >= 11 is 0. The molecule has 0 bridgehead atoms. The Morgan fingerprint density at radius 3 is 0.927 bits per heavy atom. The van der Waals surface area contributed by atoms with Gasteiger partial charge >= 0.3 is 29.8 Å². The molecule has 24 atom stereocenters. The van der Waals surface area contributed by atoms with Gasteiger partial charge in [0.15, 0.2) is 57.5 Å². The van der Waals surface area contributed by atoms with Gasteiger partial charge in [-0.15, -0.1) is 0 Å². The molecule has 5 fully saturated rings. The summed E-state index contributed by atoms with van der Waals surface area (Å²) < 4.78 is 860. The number of benzene rings is 5. The van der Waals surface area contributed by atoms with E-state index in [1.54, 1.807) is 14.2 Å². The molecule has 840 valence electrons. The van der Waals surface area contributed by atoms with E-state index in [1.807, 2.05) is 26.0 Å². The Labute approximate surface area is 1020 Å². The van der Waals surface area contributed by atoms with E-state index < -0.39 is 533 Å². The molecule has 5 aromatic carbocycles. The van der Waals surface area contributed by atoms with E-state index in [-0.39, 0.29) is 17.9 Å². The van der Waals surface area contributed by atoms with Gasteiger partial charge in [-0.3, -0.25) is 48.5 Å². The van der Waals surface area contributed by atoms with E-state index in [2.05, 4.69) is 4.90 Å². The first-order chi connectivity index (χ1) is 106. The summed E-state index contributed by atoms with van der Waals surface area (Å²) in [5.74, 6) is -55.5. The molecule has 150 heavy (non-hydrogen) atoms. The van der Waals surface area contributed by atoms with E-state index in [0.29, 0.717) is 58.6 Å². The van der Waals surface area contributed by atoms with Crippen LogP contribution in [0.2, 0.25) is 0 Å². The van der Waals surface area contributed by atoms with Crippen molar-refractivity contribution >= 4 is 29.8 Å². The van der Waals surface area contributed by atoms with Crippen LogP contribution in [0, 0.1) is 88.6 Å². The first kappa shape index (κ1) is 47.6. The summed E-state index contributed by atoms with van der Waals surface area (Å²) in [5, 5.41) is 0. The van der Waals surface area contributed by atoms with E-state index in [4.69, 9.17) is 185 Å². The number of methoxy groups -OCH3 is 10. The third kappa shape index (κ3) is 30.2. The van der Waals surface area contributed by atoms with Crippen molar-refractivity contribution in [3.63, 3.8) is 0 Å². The SMILES string of the molecule is [2H]C([2H])([2H])C([2H])(C([2H])([2H])[2H])[C@]([2H])(N)C(=O)OC1CC2c3cc(OC)c(OC)cc3CCN2CC1CC(C)C.[2H]c1c(OC([2H])([2H])[2H])c(OC)c([2H])c2c1C([2H])([2H])C([2H])([2H])N1C([2H])([2H])C([2H])(C([2H])([2H])C([2H])(C)C([2H])([2H])[2H])C([2H])(OC(=O)[C@@H](N)C(C)C)C([2H])([2H])C21[2H].[2H]c1c(OC([2H])([2H])[2H])c(OC)c([2H])c2c1C([2H])([2H])C([2H])([2H])N1C([2H])([2H])C([2H])(C([2H])([2H])C([2H])(C)C([2H])([2H])[2H])C([2H])(OC(=O)[C@@H](N)C(C)C)C([2H])([2H])C21[2H].[2H]c1c(OC)c(OC)c([2H])c2c1C([2H])([2H])C([2H])([2H])N1C([2H])([2H])C([2H])(C([2H])([2H])C([2H])(C)C([2H])([2H])[2H])C([2H])(OC(=O)[C@@H](N)C(C)C)C([2H])([2H])C21[2H].[2H]c1c(OC)c(OC)c([2H])c2c1C([2H])([2H])C([2H])([2H])N1C([2H])([2H])C([2H])(C([2H])([2H])C([2H])(C)C([2H])([2H])[2H])C([2H])(OC(=O)[C@@H](N)C(C)C)C([2H])([2H])C21[2H]. The number of ether oxygens (including phenoxy) is 15. The van der Waals surface area contributed by atoms with Crippen molar-refractivity contribution in [3.8, 4) is 57.5 Å². The second-order valence-corrected chi connectivity index (χ2v) is 35.8. The first-order valence-electron chi connectivity index (χ1n) is 91.4. The zero-order valence-electron chi connectivity index (χ0n) is 176. The third-order valence-corrected chi connectivity index (χ3v) is 23.0. The highest BCUT2D eigenvalue weighted by Gasteiger charge is 2.50. The Bertz CT molecular complexity index is 9370. The number of hydrogen-bond acceptors (Lipinski definition) is 30. The van der Waals surface area contributed by atoms with Gasteiger partial charge in [-0.05, 0) is 239 Å². The number of nitrogens with two attached hydrogens (primary N) is 5. The van der Waals surface area contributed by atoms with Gasteiger partial charge in [-0.25, -0.2) is 0 Å². The average Bonchev–Trinajstić information content (AvgIpc) is 0.629. The van der Waals surface area contributed by atoms with Crippen molar-refractivity contribution in [2.75, 3.05) is 136 Å². The van der Waals surface area contributed by atoms with Crippen LogP contribution in [0.3, 0.4) is 0 Å². The molecule has 0 aromatic heterocycles. The van der Waals surface area contributed by atoms with Crippen LogP contribution >= 0.6 is 0 Å². The van der Waals surface area contributed by atoms with Crippen molar-refractivity contribution in [3.05, 3.63) is 116 Å². The lowest BCUT2D eigenvalue weighted by Gasteiger charge is -2.47. The predicted molar refractivity (Wildman–Crippen MR) is 589 cm³/mol. The molecule has 5 saturated heterocycles. The quantitative estimate of drug-likeness (QED) is 0.0186. The Morgan fingerprint density at radius 1 is 0.373 bits per heavy atom. The summed E-state index contributed by atoms with van der Waals surface area (Å²) in [6, 6.07) is -33.7. The maximum Gasteiger partial charge on any atom is 0.323 e. The Kier molecular flexibility index (Phi) is 17.6.